The van der Waals surface area contributed by atoms with Gasteiger partial charge >= 0.3 is 12.1 Å². The van der Waals surface area contributed by atoms with Gasteiger partial charge in [-0.1, -0.05) is 11.2 Å². The normalized spacial score (nSPS) is 11.8. The summed E-state index contributed by atoms with van der Waals surface area (Å²) in [6.07, 6.45) is -4.82. The molecule has 0 spiro atoms. The molecule has 0 saturated heterocycles. The summed E-state index contributed by atoms with van der Waals surface area (Å²) in [5, 5.41) is 5.89. The lowest BCUT2D eigenvalue weighted by Gasteiger charge is -2.19. The average molecular weight is 384 g/mol. The third-order valence-corrected chi connectivity index (χ3v) is 3.74. The molecule has 142 valence electrons. The largest absolute Gasteiger partial charge is 0.471 e. The van der Waals surface area contributed by atoms with E-state index in [1.54, 1.807) is 14.1 Å². The van der Waals surface area contributed by atoms with Gasteiger partial charge in [0.25, 0.3) is 10.9 Å². The summed E-state index contributed by atoms with van der Waals surface area (Å²) < 4.78 is 55.8. The first kappa shape index (κ1) is 18.5. The van der Waals surface area contributed by atoms with Crippen LogP contribution in [0.5, 0.6) is 0 Å². The predicted octanol–water partition coefficient (Wildman–Crippen LogP) is 2.17. The summed E-state index contributed by atoms with van der Waals surface area (Å²) in [5.41, 5.74) is -0.787. The first-order valence-corrected chi connectivity index (χ1v) is 7.53. The number of rotatable bonds is 5. The molecule has 1 aromatic heterocycles. The number of alkyl halides is 3. The standard InChI is InChI=1S/C16H12F4N4O3/c1-24(2)11-10(12(25)13(11)26)21-6-7-3-4-8(9(17)5-7)14-22-15(27-23-14)16(18,19)20/h3-5,21H,6H2,1-2H3. The van der Waals surface area contributed by atoms with E-state index in [-0.39, 0.29) is 23.5 Å². The molecule has 1 N–H and O–H groups in total. The van der Waals surface area contributed by atoms with E-state index in [4.69, 9.17) is 0 Å². The monoisotopic (exact) mass is 384 g/mol. The first-order chi connectivity index (χ1) is 12.6. The molecule has 2 aromatic carbocycles. The number of anilines is 2. The molecule has 0 amide bonds. The molecule has 11 heteroatoms. The van der Waals surface area contributed by atoms with Gasteiger partial charge in [0, 0.05) is 20.6 Å². The Balaban J connectivity index is 1.78. The number of nitrogens with zero attached hydrogens (tertiary/aromatic N) is 3. The van der Waals surface area contributed by atoms with Crippen molar-refractivity contribution in [1.29, 1.82) is 0 Å². The second-order valence-corrected chi connectivity index (χ2v) is 5.86. The minimum Gasteiger partial charge on any atom is -0.376 e. The van der Waals surface area contributed by atoms with Gasteiger partial charge in [0.05, 0.1) is 5.56 Å². The maximum Gasteiger partial charge on any atom is 0.471 e. The number of hydrogen-bond acceptors (Lipinski definition) is 7. The van der Waals surface area contributed by atoms with Gasteiger partial charge in [-0.2, -0.15) is 18.2 Å². The molecule has 0 aliphatic carbocycles. The molecule has 0 unspecified atom stereocenters. The minimum absolute atomic E-state index is 0.0307. The van der Waals surface area contributed by atoms with Crippen LogP contribution in [-0.2, 0) is 12.7 Å². The highest BCUT2D eigenvalue weighted by molar-refractivity contribution is 5.74. The van der Waals surface area contributed by atoms with Crippen molar-refractivity contribution in [3.05, 3.63) is 55.9 Å². The first-order valence-electron chi connectivity index (χ1n) is 7.53. The third kappa shape index (κ3) is 3.39. The van der Waals surface area contributed by atoms with Gasteiger partial charge in [-0.05, 0) is 17.7 Å². The van der Waals surface area contributed by atoms with E-state index in [1.165, 1.54) is 17.0 Å². The SMILES string of the molecule is CN(C)c1c(NCc2ccc(-c3noc(C(F)(F)F)n3)c(F)c2)c(=O)c1=O. The molecule has 27 heavy (non-hydrogen) atoms. The van der Waals surface area contributed by atoms with E-state index in [0.717, 1.165) is 6.07 Å². The molecule has 0 aliphatic rings. The Morgan fingerprint density at radius 1 is 1.19 bits per heavy atom. The van der Waals surface area contributed by atoms with Crippen molar-refractivity contribution in [2.45, 2.75) is 12.7 Å². The van der Waals surface area contributed by atoms with Crippen molar-refractivity contribution in [2.75, 3.05) is 24.3 Å². The summed E-state index contributed by atoms with van der Waals surface area (Å²) >= 11 is 0. The molecule has 3 aromatic rings. The van der Waals surface area contributed by atoms with Crippen molar-refractivity contribution >= 4 is 11.4 Å². The summed E-state index contributed by atoms with van der Waals surface area (Å²) in [6.45, 7) is 0.0307. The smallest absolute Gasteiger partial charge is 0.376 e. The summed E-state index contributed by atoms with van der Waals surface area (Å²) in [6, 6.07) is 3.69. The van der Waals surface area contributed by atoms with Crippen molar-refractivity contribution < 1.29 is 22.1 Å². The van der Waals surface area contributed by atoms with Gasteiger partial charge in [-0.3, -0.25) is 9.59 Å². The summed E-state index contributed by atoms with van der Waals surface area (Å²) in [4.78, 5) is 27.7. The van der Waals surface area contributed by atoms with Crippen molar-refractivity contribution in [3.8, 4) is 11.4 Å². The molecule has 0 aliphatic heterocycles. The van der Waals surface area contributed by atoms with Gasteiger partial charge in [0.1, 0.15) is 17.2 Å². The zero-order chi connectivity index (χ0) is 19.9. The molecule has 0 radical (unpaired) electrons. The van der Waals surface area contributed by atoms with Crippen LogP contribution in [0.3, 0.4) is 0 Å². The van der Waals surface area contributed by atoms with Gasteiger partial charge < -0.3 is 14.7 Å². The summed E-state index contributed by atoms with van der Waals surface area (Å²) in [5.74, 6) is -2.96. The van der Waals surface area contributed by atoms with Crippen LogP contribution in [0, 0.1) is 5.82 Å². The molecule has 0 atom stereocenters. The fourth-order valence-corrected chi connectivity index (χ4v) is 2.46. The molecular formula is C16H12F4N4O3. The van der Waals surface area contributed by atoms with Crippen molar-refractivity contribution in [3.63, 3.8) is 0 Å². The molecule has 1 heterocycles. The van der Waals surface area contributed by atoms with E-state index in [0.29, 0.717) is 5.56 Å². The highest BCUT2D eigenvalue weighted by atomic mass is 19.4. The molecule has 0 saturated carbocycles. The second-order valence-electron chi connectivity index (χ2n) is 5.86. The Bertz CT molecular complexity index is 1060. The van der Waals surface area contributed by atoms with Crippen LogP contribution in [0.1, 0.15) is 11.5 Å². The van der Waals surface area contributed by atoms with Gasteiger partial charge in [0.2, 0.25) is 5.82 Å². The number of nitrogens with one attached hydrogen (secondary N) is 1. The van der Waals surface area contributed by atoms with E-state index in [2.05, 4.69) is 20.0 Å². The second kappa shape index (κ2) is 6.49. The zero-order valence-corrected chi connectivity index (χ0v) is 14.0. The number of halogens is 4. The lowest BCUT2D eigenvalue weighted by Crippen LogP contribution is -2.39. The van der Waals surface area contributed by atoms with Crippen LogP contribution in [-0.4, -0.2) is 24.2 Å². The molecule has 7 nitrogen and oxygen atoms in total. The van der Waals surface area contributed by atoms with Crippen LogP contribution in [0.2, 0.25) is 0 Å². The Labute approximate surface area is 148 Å². The lowest BCUT2D eigenvalue weighted by atomic mass is 10.1. The van der Waals surface area contributed by atoms with Gasteiger partial charge in [-0.15, -0.1) is 0 Å². The highest BCUT2D eigenvalue weighted by Gasteiger charge is 2.38. The van der Waals surface area contributed by atoms with Crippen LogP contribution in [0.25, 0.3) is 11.4 Å². The number of aromatic nitrogens is 2. The quantitative estimate of drug-likeness (QED) is 0.533. The fourth-order valence-electron chi connectivity index (χ4n) is 2.46. The van der Waals surface area contributed by atoms with Crippen LogP contribution < -0.4 is 21.1 Å². The maximum absolute atomic E-state index is 14.2. The lowest BCUT2D eigenvalue weighted by molar-refractivity contribution is -0.159. The topological polar surface area (TPSA) is 88.3 Å². The molecule has 3 rings (SSSR count). The average Bonchev–Trinajstić information content (AvgIpc) is 3.07. The Kier molecular flexibility index (Phi) is 4.46. The number of benzene rings is 1. The highest BCUT2D eigenvalue weighted by Crippen LogP contribution is 2.30. The van der Waals surface area contributed by atoms with E-state index >= 15 is 0 Å². The van der Waals surface area contributed by atoms with Gasteiger partial charge in [-0.25, -0.2) is 4.39 Å². The zero-order valence-electron chi connectivity index (χ0n) is 14.0. The Hall–Kier alpha value is -3.24. The van der Waals surface area contributed by atoms with E-state index in [1.807, 2.05) is 0 Å². The molecule has 0 fully saturated rings. The van der Waals surface area contributed by atoms with Gasteiger partial charge in [0.15, 0.2) is 0 Å². The van der Waals surface area contributed by atoms with Crippen LogP contribution in [0.15, 0.2) is 32.3 Å². The molecular weight excluding hydrogens is 372 g/mol. The van der Waals surface area contributed by atoms with Crippen LogP contribution in [0.4, 0.5) is 28.9 Å². The van der Waals surface area contributed by atoms with Crippen LogP contribution >= 0.6 is 0 Å². The Morgan fingerprint density at radius 3 is 2.44 bits per heavy atom. The van der Waals surface area contributed by atoms with E-state index < -0.39 is 34.6 Å². The van der Waals surface area contributed by atoms with E-state index in [9.17, 15) is 27.2 Å². The summed E-state index contributed by atoms with van der Waals surface area (Å²) in [7, 11) is 3.21. The predicted molar refractivity (Wildman–Crippen MR) is 87.7 cm³/mol. The van der Waals surface area contributed by atoms with Crippen molar-refractivity contribution in [2.24, 2.45) is 0 Å². The molecule has 0 bridgehead atoms. The third-order valence-electron chi connectivity index (χ3n) is 3.74. The Morgan fingerprint density at radius 2 is 1.89 bits per heavy atom. The fraction of sp³-hybridized carbons (Fsp3) is 0.250. The number of hydrogen-bond donors (Lipinski definition) is 1. The minimum atomic E-state index is -4.82. The van der Waals surface area contributed by atoms with Crippen molar-refractivity contribution in [1.82, 2.24) is 10.1 Å². The maximum atomic E-state index is 14.2.